The van der Waals surface area contributed by atoms with Crippen molar-refractivity contribution >= 4 is 30.2 Å². The number of carbonyl (C=O) groups excluding carboxylic acids is 1. The third kappa shape index (κ3) is 6.46. The monoisotopic (exact) mass is 510 g/mol. The SMILES string of the molecule is CCCCCCNC(=O)C1=C(Cc2ccc(OP(=O)(O)O)cc2)OCN1c1cccc2ccccc12. The van der Waals surface area contributed by atoms with E-state index in [0.29, 0.717) is 24.4 Å². The Morgan fingerprint density at radius 3 is 2.53 bits per heavy atom. The summed E-state index contributed by atoms with van der Waals surface area (Å²) < 4.78 is 21.8. The lowest BCUT2D eigenvalue weighted by Gasteiger charge is -2.21. The van der Waals surface area contributed by atoms with E-state index in [1.54, 1.807) is 12.1 Å². The predicted molar refractivity (Wildman–Crippen MR) is 139 cm³/mol. The summed E-state index contributed by atoms with van der Waals surface area (Å²) in [6.07, 6.45) is 4.59. The zero-order valence-corrected chi connectivity index (χ0v) is 21.1. The molecule has 36 heavy (non-hydrogen) atoms. The fourth-order valence-corrected chi connectivity index (χ4v) is 4.67. The van der Waals surface area contributed by atoms with E-state index in [1.165, 1.54) is 12.1 Å². The van der Waals surface area contributed by atoms with Crippen LogP contribution in [0.2, 0.25) is 0 Å². The Bertz CT molecular complexity index is 1280. The van der Waals surface area contributed by atoms with Crippen LogP contribution in [0.1, 0.15) is 38.2 Å². The maximum atomic E-state index is 13.4. The standard InChI is InChI=1S/C27H31N2O6P/c1-2-3-4-7-17-28-27(30)26-25(18-20-13-15-22(16-14-20)35-36(31,32)33)34-19-29(26)24-12-8-10-21-9-5-6-11-23(21)24/h5-6,8-16H,2-4,7,17-19H2,1H3,(H,28,30)(H2,31,32,33). The third-order valence-electron chi connectivity index (χ3n) is 6.00. The number of amides is 1. The zero-order valence-electron chi connectivity index (χ0n) is 20.2. The van der Waals surface area contributed by atoms with Crippen molar-refractivity contribution < 1.29 is 28.4 Å². The average molecular weight is 511 g/mol. The Kier molecular flexibility index (Phi) is 8.31. The molecular weight excluding hydrogens is 479 g/mol. The molecule has 8 nitrogen and oxygen atoms in total. The molecule has 0 spiro atoms. The van der Waals surface area contributed by atoms with Gasteiger partial charge < -0.3 is 14.6 Å². The molecule has 0 saturated carbocycles. The molecule has 1 amide bonds. The van der Waals surface area contributed by atoms with Gasteiger partial charge in [-0.05, 0) is 35.6 Å². The molecule has 3 aromatic rings. The number of nitrogens with one attached hydrogen (secondary N) is 1. The number of fused-ring (bicyclic) bond motifs is 1. The first-order chi connectivity index (χ1) is 17.4. The number of hydrogen-bond acceptors (Lipinski definition) is 5. The predicted octanol–water partition coefficient (Wildman–Crippen LogP) is 5.26. The quantitative estimate of drug-likeness (QED) is 0.239. The molecule has 1 aliphatic rings. The maximum Gasteiger partial charge on any atom is 0.524 e. The van der Waals surface area contributed by atoms with Gasteiger partial charge in [0.15, 0.2) is 6.73 Å². The minimum atomic E-state index is -4.63. The maximum absolute atomic E-state index is 13.4. The van der Waals surface area contributed by atoms with E-state index in [2.05, 4.69) is 16.8 Å². The number of hydrogen-bond donors (Lipinski definition) is 3. The Labute approximate surface area is 210 Å². The van der Waals surface area contributed by atoms with Crippen molar-refractivity contribution in [1.29, 1.82) is 0 Å². The van der Waals surface area contributed by atoms with Crippen LogP contribution in [0.15, 0.2) is 78.2 Å². The van der Waals surface area contributed by atoms with Gasteiger partial charge in [0.2, 0.25) is 0 Å². The summed E-state index contributed by atoms with van der Waals surface area (Å²) in [5.74, 6) is 0.418. The molecule has 0 radical (unpaired) electrons. The zero-order chi connectivity index (χ0) is 25.5. The Hall–Kier alpha value is -3.32. The molecule has 0 fully saturated rings. The molecule has 0 bridgehead atoms. The van der Waals surface area contributed by atoms with Gasteiger partial charge in [0.05, 0.1) is 5.69 Å². The topological polar surface area (TPSA) is 108 Å². The number of rotatable bonds is 11. The molecule has 0 aromatic heterocycles. The molecular formula is C27H31N2O6P. The number of ether oxygens (including phenoxy) is 1. The number of carbonyl (C=O) groups is 1. The number of phosphoric ester groups is 1. The van der Waals surface area contributed by atoms with Crippen LogP contribution in [0, 0.1) is 0 Å². The van der Waals surface area contributed by atoms with Crippen molar-refractivity contribution in [3.05, 3.63) is 83.7 Å². The second-order valence-electron chi connectivity index (χ2n) is 8.69. The van der Waals surface area contributed by atoms with Crippen LogP contribution in [0.5, 0.6) is 5.75 Å². The van der Waals surface area contributed by atoms with E-state index in [-0.39, 0.29) is 18.4 Å². The van der Waals surface area contributed by atoms with E-state index >= 15 is 0 Å². The second kappa shape index (κ2) is 11.6. The van der Waals surface area contributed by atoms with Gasteiger partial charge in [0.1, 0.15) is 17.2 Å². The summed E-state index contributed by atoms with van der Waals surface area (Å²) in [6.45, 7) is 2.95. The molecule has 3 aromatic carbocycles. The molecule has 1 aliphatic heterocycles. The van der Waals surface area contributed by atoms with Crippen molar-refractivity contribution in [2.45, 2.75) is 39.0 Å². The smallest absolute Gasteiger partial charge is 0.474 e. The highest BCUT2D eigenvalue weighted by Crippen LogP contribution is 2.38. The highest BCUT2D eigenvalue weighted by Gasteiger charge is 2.31. The molecule has 0 saturated heterocycles. The Morgan fingerprint density at radius 2 is 1.78 bits per heavy atom. The van der Waals surface area contributed by atoms with Crippen LogP contribution >= 0.6 is 7.82 Å². The molecule has 0 unspecified atom stereocenters. The van der Waals surface area contributed by atoms with Crippen LogP contribution in [-0.2, 0) is 20.5 Å². The van der Waals surface area contributed by atoms with Gasteiger partial charge in [0, 0.05) is 18.4 Å². The lowest BCUT2D eigenvalue weighted by atomic mass is 10.1. The van der Waals surface area contributed by atoms with Gasteiger partial charge in [-0.25, -0.2) is 4.57 Å². The number of anilines is 1. The van der Waals surface area contributed by atoms with Gasteiger partial charge >= 0.3 is 7.82 Å². The number of allylic oxidation sites excluding steroid dienone is 1. The van der Waals surface area contributed by atoms with E-state index in [0.717, 1.165) is 47.7 Å². The number of benzene rings is 3. The summed E-state index contributed by atoms with van der Waals surface area (Å²) in [5, 5.41) is 5.15. The minimum absolute atomic E-state index is 0.0656. The number of unbranched alkanes of at least 4 members (excludes halogenated alkanes) is 3. The summed E-state index contributed by atoms with van der Waals surface area (Å²) in [7, 11) is -4.63. The minimum Gasteiger partial charge on any atom is -0.474 e. The molecule has 0 atom stereocenters. The Balaban J connectivity index is 1.62. The largest absolute Gasteiger partial charge is 0.524 e. The molecule has 3 N–H and O–H groups in total. The molecule has 0 aliphatic carbocycles. The lowest BCUT2D eigenvalue weighted by Crippen LogP contribution is -2.34. The highest BCUT2D eigenvalue weighted by molar-refractivity contribution is 7.46. The second-order valence-corrected chi connectivity index (χ2v) is 9.85. The fourth-order valence-electron chi connectivity index (χ4n) is 4.27. The summed E-state index contributed by atoms with van der Waals surface area (Å²) in [5.41, 5.74) is 2.18. The fraction of sp³-hybridized carbons (Fsp3) is 0.296. The summed E-state index contributed by atoms with van der Waals surface area (Å²) in [4.78, 5) is 33.3. The summed E-state index contributed by atoms with van der Waals surface area (Å²) in [6, 6.07) is 20.4. The first-order valence-corrected chi connectivity index (χ1v) is 13.6. The van der Waals surface area contributed by atoms with Crippen molar-refractivity contribution in [3.8, 4) is 5.75 Å². The van der Waals surface area contributed by atoms with Crippen LogP contribution in [0.25, 0.3) is 10.8 Å². The van der Waals surface area contributed by atoms with E-state index in [4.69, 9.17) is 14.5 Å². The van der Waals surface area contributed by atoms with Crippen LogP contribution in [0.4, 0.5) is 5.69 Å². The van der Waals surface area contributed by atoms with Crippen molar-refractivity contribution in [2.24, 2.45) is 0 Å². The molecule has 4 rings (SSSR count). The highest BCUT2D eigenvalue weighted by atomic mass is 31.2. The Morgan fingerprint density at radius 1 is 1.03 bits per heavy atom. The van der Waals surface area contributed by atoms with Crippen molar-refractivity contribution in [2.75, 3.05) is 18.2 Å². The van der Waals surface area contributed by atoms with E-state index in [1.807, 2.05) is 47.4 Å². The molecule has 190 valence electrons. The third-order valence-corrected chi connectivity index (χ3v) is 6.45. The first-order valence-electron chi connectivity index (χ1n) is 12.1. The normalized spacial score (nSPS) is 13.7. The lowest BCUT2D eigenvalue weighted by molar-refractivity contribution is -0.117. The van der Waals surface area contributed by atoms with Gasteiger partial charge in [-0.2, -0.15) is 0 Å². The van der Waals surface area contributed by atoms with Gasteiger partial charge in [-0.3, -0.25) is 19.5 Å². The average Bonchev–Trinajstić information content (AvgIpc) is 3.27. The van der Waals surface area contributed by atoms with Gasteiger partial charge in [0.25, 0.3) is 5.91 Å². The van der Waals surface area contributed by atoms with E-state index in [9.17, 15) is 9.36 Å². The van der Waals surface area contributed by atoms with Crippen LogP contribution in [-0.4, -0.2) is 29.0 Å². The van der Waals surface area contributed by atoms with E-state index < -0.39 is 7.82 Å². The van der Waals surface area contributed by atoms with Crippen LogP contribution < -0.4 is 14.7 Å². The number of phosphoric acid groups is 1. The molecule has 1 heterocycles. The van der Waals surface area contributed by atoms with Crippen LogP contribution in [0.3, 0.4) is 0 Å². The summed E-state index contributed by atoms with van der Waals surface area (Å²) >= 11 is 0. The van der Waals surface area contributed by atoms with Gasteiger partial charge in [-0.15, -0.1) is 0 Å². The number of nitrogens with zero attached hydrogens (tertiary/aromatic N) is 1. The van der Waals surface area contributed by atoms with Crippen molar-refractivity contribution in [1.82, 2.24) is 5.32 Å². The molecule has 9 heteroatoms. The van der Waals surface area contributed by atoms with Gasteiger partial charge in [-0.1, -0.05) is 74.7 Å². The first kappa shape index (κ1) is 25.8. The van der Waals surface area contributed by atoms with Crippen molar-refractivity contribution in [3.63, 3.8) is 0 Å².